The molecule has 19 aromatic rings. The lowest BCUT2D eigenvalue weighted by Gasteiger charge is -2.15. The van der Waals surface area contributed by atoms with E-state index in [0.717, 1.165) is 86.2 Å². The van der Waals surface area contributed by atoms with Gasteiger partial charge in [-0.25, -0.2) is 23.4 Å². The number of hydrogen-bond donors (Lipinski definition) is 5. The molecule has 5 N–H and O–H groups in total. The van der Waals surface area contributed by atoms with Crippen molar-refractivity contribution in [2.24, 2.45) is 0 Å². The molecular weight excluding hydrogens is 1860 g/mol. The van der Waals surface area contributed by atoms with Gasteiger partial charge in [0.1, 0.15) is 10.8 Å². The molecule has 6 amide bonds. The molecule has 724 valence electrons. The van der Waals surface area contributed by atoms with Crippen molar-refractivity contribution >= 4 is 51.9 Å². The average Bonchev–Trinajstić information content (AvgIpc) is 1.82. The molecule has 2 atom stereocenters. The van der Waals surface area contributed by atoms with E-state index < -0.39 is 0 Å². The van der Waals surface area contributed by atoms with Crippen LogP contribution in [0.2, 0.25) is 0 Å². The topological polar surface area (TPSA) is 368 Å². The van der Waals surface area contributed by atoms with Crippen LogP contribution in [0.25, 0.3) is 28.4 Å². The van der Waals surface area contributed by atoms with Crippen LogP contribution in [0, 0.1) is 59.2 Å². The van der Waals surface area contributed by atoms with E-state index >= 15 is 0 Å². The highest BCUT2D eigenvalue weighted by Crippen LogP contribution is 2.25. The van der Waals surface area contributed by atoms with Gasteiger partial charge in [0.25, 0.3) is 29.5 Å². The molecule has 0 spiro atoms. The molecule has 33 heteroatoms. The van der Waals surface area contributed by atoms with Crippen molar-refractivity contribution in [2.75, 3.05) is 38.0 Å². The number of benzene rings is 7. The van der Waals surface area contributed by atoms with Crippen molar-refractivity contribution in [3.8, 4) is 87.6 Å². The van der Waals surface area contributed by atoms with Gasteiger partial charge in [-0.2, -0.15) is 35.7 Å². The predicted octanol–water partition coefficient (Wildman–Crippen LogP) is 15.5. The van der Waals surface area contributed by atoms with E-state index in [2.05, 4.69) is 147 Å². The molecule has 1 saturated heterocycles. The number of furan rings is 1. The van der Waals surface area contributed by atoms with Crippen LogP contribution >= 0.6 is 11.3 Å². The molecule has 0 bridgehead atoms. The normalized spacial score (nSPS) is 11.3. The van der Waals surface area contributed by atoms with Gasteiger partial charge in [-0.3, -0.25) is 58.4 Å². The molecule has 20 rings (SSSR count). The van der Waals surface area contributed by atoms with Gasteiger partial charge < -0.3 is 30.6 Å². The Morgan fingerprint density at radius 2 is 0.721 bits per heavy atom. The van der Waals surface area contributed by atoms with Gasteiger partial charge >= 0.3 is 0 Å². The van der Waals surface area contributed by atoms with Crippen LogP contribution < -0.4 is 26.6 Å². The molecule has 147 heavy (non-hydrogen) atoms. The lowest BCUT2D eigenvalue weighted by Crippen LogP contribution is -2.35. The van der Waals surface area contributed by atoms with E-state index in [1.807, 2.05) is 249 Å². The summed E-state index contributed by atoms with van der Waals surface area (Å²) in [6, 6.07) is 74.2. The average molecular weight is 1960 g/mol. The number of carbonyl (C=O) groups excluding carboxylic acids is 6. The zero-order chi connectivity index (χ0) is 102. The van der Waals surface area contributed by atoms with Crippen LogP contribution in [0.4, 0.5) is 5.13 Å². The van der Waals surface area contributed by atoms with E-state index in [4.69, 9.17) is 4.42 Å². The summed E-state index contributed by atoms with van der Waals surface area (Å²) in [5, 5.41) is 53.7. The third-order valence-electron chi connectivity index (χ3n) is 22.2. The Morgan fingerprint density at radius 1 is 0.367 bits per heavy atom. The maximum absolute atomic E-state index is 12.7. The van der Waals surface area contributed by atoms with Gasteiger partial charge in [0.15, 0.2) is 0 Å². The van der Waals surface area contributed by atoms with Crippen molar-refractivity contribution in [3.63, 3.8) is 0 Å². The molecule has 1 aliphatic heterocycles. The van der Waals surface area contributed by atoms with Crippen LogP contribution in [0.3, 0.4) is 0 Å². The summed E-state index contributed by atoms with van der Waals surface area (Å²) in [7, 11) is 0. The van der Waals surface area contributed by atoms with Gasteiger partial charge in [0.2, 0.25) is 11.0 Å². The van der Waals surface area contributed by atoms with Gasteiger partial charge in [-0.15, -0.1) is 10.2 Å². The second-order valence-electron chi connectivity index (χ2n) is 32.5. The Balaban J connectivity index is 0.000000131. The fourth-order valence-electron chi connectivity index (χ4n) is 14.6. The second-order valence-corrected chi connectivity index (χ2v) is 33.6. The minimum atomic E-state index is -0.264. The number of nitrogens with one attached hydrogen (secondary N) is 5. The minimum absolute atomic E-state index is 0.0529. The maximum atomic E-state index is 12.7. The fourth-order valence-corrected chi connectivity index (χ4v) is 15.3. The number of nitrogens with zero attached hydrogens (tertiary/aromatic N) is 20. The van der Waals surface area contributed by atoms with E-state index in [-0.39, 0.29) is 47.5 Å². The number of carbonyl (C=O) groups is 6. The smallest absolute Gasteiger partial charge is 0.257 e. The lowest BCUT2D eigenvalue weighted by molar-refractivity contribution is -0.127. The Kier molecular flexibility index (Phi) is 34.8. The summed E-state index contributed by atoms with van der Waals surface area (Å²) in [6.07, 6.45) is 39.0. The number of rotatable bonds is 23. The number of anilines is 1. The Hall–Kier alpha value is -20.1. The van der Waals surface area contributed by atoms with Crippen molar-refractivity contribution in [2.45, 2.75) is 58.7 Å². The van der Waals surface area contributed by atoms with E-state index in [9.17, 15) is 28.8 Å². The molecule has 13 heterocycles. The lowest BCUT2D eigenvalue weighted by atomic mass is 10.1. The molecule has 0 radical (unpaired) electrons. The first-order valence-electron chi connectivity index (χ1n) is 46.8. The third-order valence-corrected chi connectivity index (χ3v) is 23.2. The molecule has 2 unspecified atom stereocenters. The fraction of sp³-hybridized carbons (Fsp3) is 0.123. The summed E-state index contributed by atoms with van der Waals surface area (Å²) in [5.41, 5.74) is 14.3. The highest BCUT2D eigenvalue weighted by atomic mass is 32.1. The van der Waals surface area contributed by atoms with Gasteiger partial charge in [0.05, 0.1) is 81.1 Å². The zero-order valence-corrected chi connectivity index (χ0v) is 80.8. The van der Waals surface area contributed by atoms with Crippen LogP contribution in [0.1, 0.15) is 164 Å². The van der Waals surface area contributed by atoms with Crippen LogP contribution in [0.15, 0.2) is 377 Å². The summed E-state index contributed by atoms with van der Waals surface area (Å²) in [5.74, 6) is 31.3. The molecule has 1 fully saturated rings. The summed E-state index contributed by atoms with van der Waals surface area (Å²) in [6.45, 7) is 9.00. The number of likely N-dealkylation sites (tertiary alicyclic amines) is 1. The monoisotopic (exact) mass is 1960 g/mol. The standard InChI is InChI=1S/C24H21N5O.C24H22N4O2.C23H20N6O.C22H16N4O2.C21H16N6OS/c1-19(28-15-5-13-26-28)18-25-24(30)22-11-12-23(29-16-6-14-27-29)21(17-22)10-9-20-7-3-2-4-8-20;29-23-8-4-15-27(23)17-14-25-24(30)21-11-12-22(28-16-5-13-26-28)20(18-21)10-9-19-6-2-1-3-7-19;1-18(28-13-3-11-26-28)16-25-23(30)21-8-9-22(29-14-4-12-27-29)20(15-21)7-6-19-5-2-10-24-17-19;27-22(24-16-20-5-2-13-28-20)19-8-9-21(26-12-3-11-25-26)18(14-19)7-6-17-4-1-10-23-15-17;1-2-19-25-26-21(29-19)24-20(28)17-8-9-18(27-12-4-11-23-27)16(13-17)7-6-15-5-3-10-22-14-15/h2-8,11-17,19H,18H2,1H3,(H,25,30);1-3,5-7,11-13,16,18H,4,8,14-15,17H2,(H,25,30);2-5,8-15,17-18H,16H2,1H3,(H,25,30);1-5,8-15H,16H2,(H,24,27);3-5,8-14H,2H2,1H3,(H,24,26,28). The van der Waals surface area contributed by atoms with Gasteiger partial charge in [0, 0.05) is 219 Å². The first-order valence-corrected chi connectivity index (χ1v) is 47.6. The van der Waals surface area contributed by atoms with Crippen molar-refractivity contribution in [1.82, 2.24) is 120 Å². The zero-order valence-electron chi connectivity index (χ0n) is 79.9. The first-order chi connectivity index (χ1) is 72.1. The van der Waals surface area contributed by atoms with Crippen molar-refractivity contribution < 1.29 is 33.2 Å². The second kappa shape index (κ2) is 51.2. The molecule has 0 saturated carbocycles. The minimum Gasteiger partial charge on any atom is -0.467 e. The van der Waals surface area contributed by atoms with Crippen LogP contribution in [-0.4, -0.2) is 167 Å². The number of hydrogen-bond acceptors (Lipinski definition) is 20. The van der Waals surface area contributed by atoms with Crippen molar-refractivity contribution in [1.29, 1.82) is 0 Å². The van der Waals surface area contributed by atoms with Crippen molar-refractivity contribution in [3.05, 3.63) is 467 Å². The first kappa shape index (κ1) is 99.9. The maximum Gasteiger partial charge on any atom is 0.257 e. The van der Waals surface area contributed by atoms with Gasteiger partial charge in [-0.1, -0.05) is 114 Å². The van der Waals surface area contributed by atoms with E-state index in [0.29, 0.717) is 100 Å². The SMILES string of the molecule is CC(CNC(=O)c1ccc(-n2cccn2)c(C#Cc2ccccc2)c1)n1cccn1.CC(CNC(=O)c1ccc(-n2cccn2)c(C#Cc2cccnc2)c1)n1cccn1.CCc1nnc(NC(=O)c2ccc(-n3cccn3)c(C#Cc3cccnc3)c2)s1.O=C(NCCN1CCCC1=O)c1ccc(-n2cccn2)c(C#Cc2ccccc2)c1.O=C(NCc1ccco1)c1ccc(-n2cccn2)c(C#Cc2cccnc2)c1. The van der Waals surface area contributed by atoms with E-state index in [1.54, 1.807) is 182 Å². The number of pyridine rings is 3. The predicted molar refractivity (Wildman–Crippen MR) is 557 cm³/mol. The molecular formula is C114H95N25O7S. The Morgan fingerprint density at radius 3 is 1.04 bits per heavy atom. The number of amides is 6. The summed E-state index contributed by atoms with van der Waals surface area (Å²) in [4.78, 5) is 89.0. The van der Waals surface area contributed by atoms with Crippen LogP contribution in [-0.2, 0) is 17.8 Å². The Labute approximate surface area is 851 Å². The quantitative estimate of drug-likeness (QED) is 0.0371. The third kappa shape index (κ3) is 28.6. The van der Waals surface area contributed by atoms with E-state index in [1.165, 1.54) is 11.3 Å². The molecule has 1 aliphatic rings. The highest BCUT2D eigenvalue weighted by molar-refractivity contribution is 7.15. The largest absolute Gasteiger partial charge is 0.467 e. The summed E-state index contributed by atoms with van der Waals surface area (Å²) < 4.78 is 17.5. The van der Waals surface area contributed by atoms with Crippen LogP contribution in [0.5, 0.6) is 0 Å². The van der Waals surface area contributed by atoms with Gasteiger partial charge in [-0.05, 0) is 233 Å². The summed E-state index contributed by atoms with van der Waals surface area (Å²) >= 11 is 1.37. The number of aromatic nitrogens is 19. The highest BCUT2D eigenvalue weighted by Gasteiger charge is 2.23. The molecule has 7 aromatic carbocycles. The molecule has 0 aliphatic carbocycles. The molecule has 12 aromatic heterocycles. The molecule has 32 nitrogen and oxygen atoms in total. The Bertz CT molecular complexity index is 7740. The number of aryl methyl sites for hydroxylation is 1.